The molecular formula is C10H12NO2. The quantitative estimate of drug-likeness (QED) is 0.673. The van der Waals surface area contributed by atoms with Gasteiger partial charge in [-0.3, -0.25) is 4.79 Å². The summed E-state index contributed by atoms with van der Waals surface area (Å²) in [6.07, 6.45) is 0. The van der Waals surface area contributed by atoms with Gasteiger partial charge < -0.3 is 4.90 Å². The van der Waals surface area contributed by atoms with E-state index in [9.17, 15) is 9.90 Å². The van der Waals surface area contributed by atoms with Crippen molar-refractivity contribution in [1.29, 1.82) is 0 Å². The number of rotatable bonds is 2. The van der Waals surface area contributed by atoms with E-state index < -0.39 is 0 Å². The van der Waals surface area contributed by atoms with Gasteiger partial charge in [0.05, 0.1) is 0 Å². The van der Waals surface area contributed by atoms with Crippen LogP contribution in [0.2, 0.25) is 0 Å². The lowest BCUT2D eigenvalue weighted by Crippen LogP contribution is -2.22. The molecule has 0 bridgehead atoms. The molecule has 0 saturated carbocycles. The maximum atomic E-state index is 11.5. The third-order valence-electron chi connectivity index (χ3n) is 1.81. The van der Waals surface area contributed by atoms with Crippen molar-refractivity contribution in [3.8, 4) is 0 Å². The van der Waals surface area contributed by atoms with Crippen molar-refractivity contribution in [3.05, 3.63) is 35.4 Å². The van der Waals surface area contributed by atoms with Gasteiger partial charge in [0, 0.05) is 19.7 Å². The number of hydrogen-bond donors (Lipinski definition) is 0. The van der Waals surface area contributed by atoms with Gasteiger partial charge >= 0.3 is 0 Å². The fourth-order valence-electron chi connectivity index (χ4n) is 1.10. The summed E-state index contributed by atoms with van der Waals surface area (Å²) in [5.74, 6) is -0.119. The Balaban J connectivity index is 3.06. The average Bonchev–Trinajstić information content (AvgIpc) is 2.16. The third kappa shape index (κ3) is 2.06. The van der Waals surface area contributed by atoms with Crippen LogP contribution in [0.25, 0.3) is 0 Å². The number of hydrogen-bond acceptors (Lipinski definition) is 1. The van der Waals surface area contributed by atoms with E-state index in [1.807, 2.05) is 0 Å². The number of amides is 1. The van der Waals surface area contributed by atoms with E-state index in [2.05, 4.69) is 0 Å². The molecule has 3 heteroatoms. The molecule has 0 unspecified atom stereocenters. The second kappa shape index (κ2) is 4.05. The third-order valence-corrected chi connectivity index (χ3v) is 1.81. The van der Waals surface area contributed by atoms with Crippen molar-refractivity contribution in [2.75, 3.05) is 14.1 Å². The van der Waals surface area contributed by atoms with Crippen LogP contribution in [0.3, 0.4) is 0 Å². The first kappa shape index (κ1) is 9.74. The maximum absolute atomic E-state index is 11.5. The van der Waals surface area contributed by atoms with Crippen LogP contribution in [0, 0.1) is 0 Å². The Morgan fingerprint density at radius 2 is 1.92 bits per heavy atom. The molecule has 0 spiro atoms. The Morgan fingerprint density at radius 1 is 1.31 bits per heavy atom. The fraction of sp³-hybridized carbons (Fsp3) is 0.300. The highest BCUT2D eigenvalue weighted by Crippen LogP contribution is 2.10. The van der Waals surface area contributed by atoms with Crippen LogP contribution in [-0.4, -0.2) is 24.9 Å². The molecule has 1 amide bonds. The van der Waals surface area contributed by atoms with E-state index in [0.29, 0.717) is 11.1 Å². The lowest BCUT2D eigenvalue weighted by Gasteiger charge is -2.12. The minimum absolute atomic E-state index is 0.119. The van der Waals surface area contributed by atoms with E-state index in [1.165, 1.54) is 4.90 Å². The normalized spacial score (nSPS) is 9.77. The molecule has 0 fully saturated rings. The zero-order valence-corrected chi connectivity index (χ0v) is 7.78. The van der Waals surface area contributed by atoms with Gasteiger partial charge in [0.15, 0.2) is 0 Å². The summed E-state index contributed by atoms with van der Waals surface area (Å²) >= 11 is 0. The minimum atomic E-state index is -0.351. The highest BCUT2D eigenvalue weighted by molar-refractivity contribution is 5.95. The Bertz CT molecular complexity index is 308. The number of carbonyl (C=O) groups is 1. The van der Waals surface area contributed by atoms with E-state index >= 15 is 0 Å². The van der Waals surface area contributed by atoms with Gasteiger partial charge in [-0.1, -0.05) is 18.2 Å². The molecule has 0 aliphatic carbocycles. The van der Waals surface area contributed by atoms with Crippen molar-refractivity contribution in [2.24, 2.45) is 0 Å². The predicted octanol–water partition coefficient (Wildman–Crippen LogP) is 1.32. The summed E-state index contributed by atoms with van der Waals surface area (Å²) in [6, 6.07) is 6.88. The predicted molar refractivity (Wildman–Crippen MR) is 48.9 cm³/mol. The topological polar surface area (TPSA) is 40.2 Å². The molecule has 3 nitrogen and oxygen atoms in total. The van der Waals surface area contributed by atoms with E-state index in [4.69, 9.17) is 0 Å². The number of benzene rings is 1. The summed E-state index contributed by atoms with van der Waals surface area (Å²) < 4.78 is 0. The van der Waals surface area contributed by atoms with Crippen LogP contribution < -0.4 is 0 Å². The van der Waals surface area contributed by atoms with Gasteiger partial charge in [0.1, 0.15) is 6.61 Å². The van der Waals surface area contributed by atoms with Crippen molar-refractivity contribution >= 4 is 5.91 Å². The van der Waals surface area contributed by atoms with Crippen molar-refractivity contribution < 1.29 is 9.90 Å². The molecule has 0 saturated heterocycles. The molecule has 1 aromatic rings. The lowest BCUT2D eigenvalue weighted by molar-refractivity contribution is 0.0821. The molecule has 0 N–H and O–H groups in total. The van der Waals surface area contributed by atoms with Crippen LogP contribution in [-0.2, 0) is 11.7 Å². The fourth-order valence-corrected chi connectivity index (χ4v) is 1.10. The van der Waals surface area contributed by atoms with Gasteiger partial charge in [-0.25, -0.2) is 5.11 Å². The molecular weight excluding hydrogens is 166 g/mol. The van der Waals surface area contributed by atoms with Crippen molar-refractivity contribution in [1.82, 2.24) is 4.90 Å². The average molecular weight is 178 g/mol. The number of nitrogens with zero attached hydrogens (tertiary/aromatic N) is 1. The summed E-state index contributed by atoms with van der Waals surface area (Å²) in [5.41, 5.74) is 1.06. The highest BCUT2D eigenvalue weighted by atomic mass is 16.3. The molecule has 1 radical (unpaired) electrons. The molecule has 69 valence electrons. The van der Waals surface area contributed by atoms with E-state index in [1.54, 1.807) is 38.4 Å². The largest absolute Gasteiger partial charge is 0.345 e. The highest BCUT2D eigenvalue weighted by Gasteiger charge is 2.11. The SMILES string of the molecule is CN(C)C(=O)c1ccccc1C[O]. The summed E-state index contributed by atoms with van der Waals surface area (Å²) in [5, 5.41) is 10.7. The monoisotopic (exact) mass is 178 g/mol. The zero-order chi connectivity index (χ0) is 9.84. The Morgan fingerprint density at radius 3 is 2.46 bits per heavy atom. The second-order valence-corrected chi connectivity index (χ2v) is 3.00. The molecule has 1 rings (SSSR count). The molecule has 1 aromatic carbocycles. The van der Waals surface area contributed by atoms with Gasteiger partial charge in [-0.15, -0.1) is 0 Å². The molecule has 0 heterocycles. The maximum Gasteiger partial charge on any atom is 0.253 e. The Labute approximate surface area is 77.6 Å². The van der Waals surface area contributed by atoms with Crippen LogP contribution in [0.15, 0.2) is 24.3 Å². The zero-order valence-electron chi connectivity index (χ0n) is 7.78. The summed E-state index contributed by atoms with van der Waals surface area (Å²) in [4.78, 5) is 13.0. The first-order valence-corrected chi connectivity index (χ1v) is 4.04. The van der Waals surface area contributed by atoms with Crippen LogP contribution in [0.4, 0.5) is 0 Å². The van der Waals surface area contributed by atoms with Crippen LogP contribution in [0.5, 0.6) is 0 Å². The Kier molecular flexibility index (Phi) is 3.03. The van der Waals surface area contributed by atoms with Gasteiger partial charge in [-0.05, 0) is 11.6 Å². The van der Waals surface area contributed by atoms with Crippen LogP contribution in [0.1, 0.15) is 15.9 Å². The first-order valence-electron chi connectivity index (χ1n) is 4.04. The summed E-state index contributed by atoms with van der Waals surface area (Å²) in [6.45, 7) is -0.351. The molecule has 0 atom stereocenters. The lowest BCUT2D eigenvalue weighted by atomic mass is 10.1. The van der Waals surface area contributed by atoms with Crippen molar-refractivity contribution in [3.63, 3.8) is 0 Å². The molecule has 13 heavy (non-hydrogen) atoms. The van der Waals surface area contributed by atoms with E-state index in [-0.39, 0.29) is 12.5 Å². The molecule has 0 aliphatic rings. The summed E-state index contributed by atoms with van der Waals surface area (Å²) in [7, 11) is 3.34. The molecule has 0 aliphatic heterocycles. The number of carbonyl (C=O) groups excluding carboxylic acids is 1. The van der Waals surface area contributed by atoms with Gasteiger partial charge in [0.2, 0.25) is 0 Å². The molecule has 0 aromatic heterocycles. The first-order chi connectivity index (χ1) is 6.16. The standard InChI is InChI=1S/C10H12NO2/c1-11(2)10(13)9-6-4-3-5-8(9)7-12/h3-6H,7H2,1-2H3. The van der Waals surface area contributed by atoms with Crippen molar-refractivity contribution in [2.45, 2.75) is 6.61 Å². The minimum Gasteiger partial charge on any atom is -0.345 e. The smallest absolute Gasteiger partial charge is 0.253 e. The van der Waals surface area contributed by atoms with Gasteiger partial charge in [0.25, 0.3) is 5.91 Å². The second-order valence-electron chi connectivity index (χ2n) is 3.00. The Hall–Kier alpha value is -1.35. The van der Waals surface area contributed by atoms with Gasteiger partial charge in [-0.2, -0.15) is 0 Å². The van der Waals surface area contributed by atoms with Crippen LogP contribution >= 0.6 is 0 Å². The van der Waals surface area contributed by atoms with E-state index in [0.717, 1.165) is 0 Å².